The number of hydrogen-bond donors (Lipinski definition) is 1. The SMILES string of the molecule is Cc1cc(C(=O)NC2CCCN(c3nc4cc(Cl)ccc4o3)C2)n(C)n1. The number of piperidine rings is 1. The fraction of sp³-hybridized carbons (Fsp3) is 0.389. The Morgan fingerprint density at radius 3 is 3.00 bits per heavy atom. The Morgan fingerprint density at radius 1 is 1.38 bits per heavy atom. The lowest BCUT2D eigenvalue weighted by Gasteiger charge is -2.32. The normalized spacial score (nSPS) is 17.7. The Morgan fingerprint density at radius 2 is 2.23 bits per heavy atom. The van der Waals surface area contributed by atoms with Gasteiger partial charge in [0.15, 0.2) is 5.58 Å². The number of aryl methyl sites for hydroxylation is 2. The molecule has 0 saturated carbocycles. The zero-order valence-corrected chi connectivity index (χ0v) is 15.5. The number of nitrogens with zero attached hydrogens (tertiary/aromatic N) is 4. The van der Waals surface area contributed by atoms with Crippen molar-refractivity contribution in [2.75, 3.05) is 18.0 Å². The fourth-order valence-electron chi connectivity index (χ4n) is 3.37. The topological polar surface area (TPSA) is 76.2 Å². The van der Waals surface area contributed by atoms with Gasteiger partial charge in [-0.25, -0.2) is 0 Å². The lowest BCUT2D eigenvalue weighted by atomic mass is 10.1. The second-order valence-electron chi connectivity index (χ2n) is 6.66. The van der Waals surface area contributed by atoms with E-state index in [0.717, 1.165) is 30.6 Å². The Hall–Kier alpha value is -2.54. The summed E-state index contributed by atoms with van der Waals surface area (Å²) in [6.45, 7) is 3.37. The van der Waals surface area contributed by atoms with Crippen LogP contribution in [0.15, 0.2) is 28.7 Å². The van der Waals surface area contributed by atoms with Crippen molar-refractivity contribution in [2.24, 2.45) is 7.05 Å². The predicted octanol–water partition coefficient (Wildman–Crippen LogP) is 2.92. The monoisotopic (exact) mass is 373 g/mol. The predicted molar refractivity (Wildman–Crippen MR) is 99.7 cm³/mol. The number of anilines is 1. The molecule has 1 aromatic carbocycles. The second-order valence-corrected chi connectivity index (χ2v) is 7.10. The molecular weight excluding hydrogens is 354 g/mol. The summed E-state index contributed by atoms with van der Waals surface area (Å²) in [5.74, 6) is -0.107. The summed E-state index contributed by atoms with van der Waals surface area (Å²) in [5.41, 5.74) is 2.84. The molecule has 1 saturated heterocycles. The molecule has 0 radical (unpaired) electrons. The van der Waals surface area contributed by atoms with Crippen molar-refractivity contribution in [3.8, 4) is 0 Å². The van der Waals surface area contributed by atoms with Crippen LogP contribution in [-0.2, 0) is 7.05 Å². The number of benzene rings is 1. The highest BCUT2D eigenvalue weighted by molar-refractivity contribution is 6.31. The zero-order valence-electron chi connectivity index (χ0n) is 14.7. The van der Waals surface area contributed by atoms with Crippen molar-refractivity contribution in [1.29, 1.82) is 0 Å². The maximum atomic E-state index is 12.5. The van der Waals surface area contributed by atoms with Crippen LogP contribution >= 0.6 is 11.6 Å². The van der Waals surface area contributed by atoms with Crippen LogP contribution in [-0.4, -0.2) is 39.8 Å². The molecule has 0 spiro atoms. The number of nitrogens with one attached hydrogen (secondary N) is 1. The molecule has 3 aromatic rings. The lowest BCUT2D eigenvalue weighted by Crippen LogP contribution is -2.48. The van der Waals surface area contributed by atoms with Crippen molar-refractivity contribution in [3.05, 3.63) is 40.7 Å². The number of carbonyl (C=O) groups is 1. The summed E-state index contributed by atoms with van der Waals surface area (Å²) in [4.78, 5) is 19.1. The van der Waals surface area contributed by atoms with Gasteiger partial charge in [0.25, 0.3) is 11.9 Å². The number of fused-ring (bicyclic) bond motifs is 1. The molecular formula is C18H20ClN5O2. The second kappa shape index (κ2) is 6.64. The van der Waals surface area contributed by atoms with E-state index < -0.39 is 0 Å². The number of carbonyl (C=O) groups excluding carboxylic acids is 1. The van der Waals surface area contributed by atoms with Crippen molar-refractivity contribution in [3.63, 3.8) is 0 Å². The number of aromatic nitrogens is 3. The third kappa shape index (κ3) is 3.26. The number of rotatable bonds is 3. The van der Waals surface area contributed by atoms with Gasteiger partial charge in [-0.05, 0) is 44.0 Å². The Labute approximate surface area is 155 Å². The first kappa shape index (κ1) is 16.9. The molecule has 26 heavy (non-hydrogen) atoms. The maximum absolute atomic E-state index is 12.5. The minimum atomic E-state index is -0.107. The first-order valence-corrected chi connectivity index (χ1v) is 9.00. The molecule has 4 rings (SSSR count). The first-order valence-electron chi connectivity index (χ1n) is 8.62. The molecule has 1 N–H and O–H groups in total. The van der Waals surface area contributed by atoms with Gasteiger partial charge < -0.3 is 14.6 Å². The highest BCUT2D eigenvalue weighted by Crippen LogP contribution is 2.26. The molecule has 8 heteroatoms. The highest BCUT2D eigenvalue weighted by atomic mass is 35.5. The van der Waals surface area contributed by atoms with Gasteiger partial charge in [0.1, 0.15) is 11.2 Å². The van der Waals surface area contributed by atoms with Gasteiger partial charge in [-0.3, -0.25) is 9.48 Å². The third-order valence-corrected chi connectivity index (χ3v) is 4.84. The number of halogens is 1. The van der Waals surface area contributed by atoms with E-state index in [-0.39, 0.29) is 11.9 Å². The van der Waals surface area contributed by atoms with E-state index in [2.05, 4.69) is 20.3 Å². The van der Waals surface area contributed by atoms with Crippen molar-refractivity contribution in [2.45, 2.75) is 25.8 Å². The lowest BCUT2D eigenvalue weighted by molar-refractivity contribution is 0.0923. The smallest absolute Gasteiger partial charge is 0.298 e. The Bertz CT molecular complexity index is 964. The van der Waals surface area contributed by atoms with Crippen molar-refractivity contribution < 1.29 is 9.21 Å². The largest absolute Gasteiger partial charge is 0.423 e. The van der Waals surface area contributed by atoms with Gasteiger partial charge in [0, 0.05) is 31.2 Å². The van der Waals surface area contributed by atoms with E-state index in [0.29, 0.717) is 28.9 Å². The van der Waals surface area contributed by atoms with E-state index in [9.17, 15) is 4.79 Å². The van der Waals surface area contributed by atoms with Gasteiger partial charge in [-0.15, -0.1) is 0 Å². The average molecular weight is 374 g/mol. The van der Waals surface area contributed by atoms with Crippen LogP contribution in [0.5, 0.6) is 0 Å². The Kier molecular flexibility index (Phi) is 4.32. The van der Waals surface area contributed by atoms with Crippen molar-refractivity contribution in [1.82, 2.24) is 20.1 Å². The quantitative estimate of drug-likeness (QED) is 0.763. The molecule has 136 valence electrons. The number of amides is 1. The highest BCUT2D eigenvalue weighted by Gasteiger charge is 2.26. The van der Waals surface area contributed by atoms with Gasteiger partial charge in [0.2, 0.25) is 0 Å². The Balaban J connectivity index is 1.48. The standard InChI is InChI=1S/C18H20ClN5O2/c1-11-8-15(23(2)22-11)17(25)20-13-4-3-7-24(10-13)18-21-14-9-12(19)5-6-16(14)26-18/h5-6,8-9,13H,3-4,7,10H2,1-2H3,(H,20,25). The van der Waals surface area contributed by atoms with Crippen LogP contribution in [0, 0.1) is 6.92 Å². The molecule has 1 atom stereocenters. The maximum Gasteiger partial charge on any atom is 0.298 e. The number of oxazole rings is 1. The summed E-state index contributed by atoms with van der Waals surface area (Å²) >= 11 is 6.02. The summed E-state index contributed by atoms with van der Waals surface area (Å²) in [6, 6.07) is 7.79. The fourth-order valence-corrected chi connectivity index (χ4v) is 3.54. The average Bonchev–Trinajstić information content (AvgIpc) is 3.17. The molecule has 1 unspecified atom stereocenters. The molecule has 0 aliphatic carbocycles. The van der Waals surface area contributed by atoms with Crippen LogP contribution < -0.4 is 10.2 Å². The van der Waals surface area contributed by atoms with Gasteiger partial charge in [0.05, 0.1) is 5.69 Å². The van der Waals surface area contributed by atoms with Gasteiger partial charge in [-0.2, -0.15) is 10.1 Å². The summed E-state index contributed by atoms with van der Waals surface area (Å²) in [7, 11) is 1.78. The number of hydrogen-bond acceptors (Lipinski definition) is 5. The van der Waals surface area contributed by atoms with E-state index in [4.69, 9.17) is 16.0 Å². The van der Waals surface area contributed by atoms with Gasteiger partial charge >= 0.3 is 0 Å². The van der Waals surface area contributed by atoms with Crippen LogP contribution in [0.25, 0.3) is 11.1 Å². The summed E-state index contributed by atoms with van der Waals surface area (Å²) < 4.78 is 7.46. The van der Waals surface area contributed by atoms with E-state index in [1.807, 2.05) is 13.0 Å². The molecule has 7 nitrogen and oxygen atoms in total. The van der Waals surface area contributed by atoms with E-state index in [1.165, 1.54) is 0 Å². The van der Waals surface area contributed by atoms with Crippen LogP contribution in [0.2, 0.25) is 5.02 Å². The van der Waals surface area contributed by atoms with Gasteiger partial charge in [-0.1, -0.05) is 11.6 Å². The van der Waals surface area contributed by atoms with Crippen LogP contribution in [0.3, 0.4) is 0 Å². The van der Waals surface area contributed by atoms with Crippen LogP contribution in [0.1, 0.15) is 29.0 Å². The molecule has 1 amide bonds. The minimum absolute atomic E-state index is 0.0325. The molecule has 1 aliphatic rings. The third-order valence-electron chi connectivity index (χ3n) is 4.60. The van der Waals surface area contributed by atoms with E-state index in [1.54, 1.807) is 29.9 Å². The molecule has 2 aromatic heterocycles. The first-order chi connectivity index (χ1) is 12.5. The van der Waals surface area contributed by atoms with E-state index >= 15 is 0 Å². The zero-order chi connectivity index (χ0) is 18.3. The molecule has 3 heterocycles. The summed E-state index contributed by atoms with van der Waals surface area (Å²) in [5, 5.41) is 7.96. The minimum Gasteiger partial charge on any atom is -0.423 e. The molecule has 0 bridgehead atoms. The van der Waals surface area contributed by atoms with Crippen LogP contribution in [0.4, 0.5) is 6.01 Å². The van der Waals surface area contributed by atoms with Crippen molar-refractivity contribution >= 4 is 34.6 Å². The molecule has 1 aliphatic heterocycles. The molecule has 1 fully saturated rings. The summed E-state index contributed by atoms with van der Waals surface area (Å²) in [6.07, 6.45) is 1.87.